The van der Waals surface area contributed by atoms with Crippen molar-refractivity contribution in [3.05, 3.63) is 65.2 Å². The first kappa shape index (κ1) is 29.3. The number of aryl methyl sites for hydroxylation is 1. The van der Waals surface area contributed by atoms with Gasteiger partial charge in [0.2, 0.25) is 0 Å². The quantitative estimate of drug-likeness (QED) is 0.413. The molecule has 4 rings (SSSR count). The molecule has 2 aliphatic rings. The predicted octanol–water partition coefficient (Wildman–Crippen LogP) is 3.55. The lowest BCUT2D eigenvalue weighted by Crippen LogP contribution is -2.61. The lowest BCUT2D eigenvalue weighted by molar-refractivity contribution is -0.274. The van der Waals surface area contributed by atoms with Gasteiger partial charge in [0.25, 0.3) is 5.91 Å². The zero-order chi connectivity index (χ0) is 28.0. The number of aliphatic hydroxyl groups excluding tert-OH is 2. The van der Waals surface area contributed by atoms with Gasteiger partial charge in [0, 0.05) is 26.0 Å². The van der Waals surface area contributed by atoms with Crippen molar-refractivity contribution < 1.29 is 47.1 Å². The molecule has 1 aliphatic carbocycles. The average Bonchev–Trinajstić information content (AvgIpc) is 3.40. The molecular formula is C28H34F3NO7. The zero-order valence-electron chi connectivity index (χ0n) is 21.7. The normalized spacial score (nSPS) is 27.3. The van der Waals surface area contributed by atoms with E-state index in [2.05, 4.69) is 10.1 Å². The van der Waals surface area contributed by atoms with E-state index in [1.54, 1.807) is 6.07 Å². The van der Waals surface area contributed by atoms with E-state index in [1.165, 1.54) is 18.2 Å². The first-order valence-electron chi connectivity index (χ1n) is 12.9. The van der Waals surface area contributed by atoms with Gasteiger partial charge in [-0.1, -0.05) is 42.0 Å². The second-order valence-corrected chi connectivity index (χ2v) is 10.1. The minimum atomic E-state index is -4.84. The number of hydrogen-bond donors (Lipinski definition) is 3. The Morgan fingerprint density at radius 2 is 1.85 bits per heavy atom. The van der Waals surface area contributed by atoms with Crippen LogP contribution >= 0.6 is 0 Å². The Labute approximate surface area is 225 Å². The Morgan fingerprint density at radius 3 is 2.54 bits per heavy atom. The van der Waals surface area contributed by atoms with Crippen molar-refractivity contribution in [2.24, 2.45) is 0 Å². The molecule has 0 bridgehead atoms. The van der Waals surface area contributed by atoms with E-state index in [4.69, 9.17) is 14.2 Å². The molecule has 2 aromatic rings. The summed E-state index contributed by atoms with van der Waals surface area (Å²) in [4.78, 5) is 13.6. The average molecular weight is 554 g/mol. The second kappa shape index (κ2) is 12.6. The Morgan fingerprint density at radius 1 is 1.10 bits per heavy atom. The minimum absolute atomic E-state index is 0.0762. The van der Waals surface area contributed by atoms with Crippen molar-refractivity contribution in [3.63, 3.8) is 0 Å². The lowest BCUT2D eigenvalue weighted by Gasteiger charge is -2.44. The van der Waals surface area contributed by atoms with Crippen LogP contribution in [0.5, 0.6) is 5.75 Å². The fourth-order valence-electron chi connectivity index (χ4n) is 4.99. The summed E-state index contributed by atoms with van der Waals surface area (Å²) in [6, 6.07) is 12.9. The van der Waals surface area contributed by atoms with Crippen molar-refractivity contribution in [3.8, 4) is 5.75 Å². The Bertz CT molecular complexity index is 1110. The van der Waals surface area contributed by atoms with E-state index >= 15 is 0 Å². The minimum Gasteiger partial charge on any atom is -0.406 e. The van der Waals surface area contributed by atoms with Crippen LogP contribution in [0.25, 0.3) is 0 Å². The van der Waals surface area contributed by atoms with Gasteiger partial charge in [0.1, 0.15) is 11.9 Å². The summed E-state index contributed by atoms with van der Waals surface area (Å²) < 4.78 is 59.5. The second-order valence-electron chi connectivity index (χ2n) is 10.1. The monoisotopic (exact) mass is 553 g/mol. The number of alkyl halides is 3. The third-order valence-electron chi connectivity index (χ3n) is 6.97. The fraction of sp³-hybridized carbons (Fsp3) is 0.536. The molecule has 39 heavy (non-hydrogen) atoms. The predicted molar refractivity (Wildman–Crippen MR) is 134 cm³/mol. The van der Waals surface area contributed by atoms with Gasteiger partial charge < -0.3 is 34.5 Å². The number of halogens is 3. The topological polar surface area (TPSA) is 106 Å². The van der Waals surface area contributed by atoms with Crippen LogP contribution in [-0.4, -0.2) is 65.7 Å². The van der Waals surface area contributed by atoms with Crippen molar-refractivity contribution in [2.75, 3.05) is 13.2 Å². The van der Waals surface area contributed by atoms with Crippen molar-refractivity contribution in [2.45, 2.75) is 82.2 Å². The number of carbonyl (C=O) groups is 1. The summed E-state index contributed by atoms with van der Waals surface area (Å²) in [5.41, 5.74) is 0.691. The van der Waals surface area contributed by atoms with Crippen molar-refractivity contribution in [1.82, 2.24) is 5.32 Å². The van der Waals surface area contributed by atoms with Crippen LogP contribution in [0.15, 0.2) is 48.5 Å². The van der Waals surface area contributed by atoms with E-state index in [0.717, 1.165) is 24.0 Å². The van der Waals surface area contributed by atoms with Gasteiger partial charge in [-0.2, -0.15) is 0 Å². The highest BCUT2D eigenvalue weighted by atomic mass is 19.4. The molecule has 2 unspecified atom stereocenters. The van der Waals surface area contributed by atoms with E-state index in [9.17, 15) is 28.2 Å². The lowest BCUT2D eigenvalue weighted by atomic mass is 9.78. The molecule has 0 aromatic heterocycles. The third-order valence-corrected chi connectivity index (χ3v) is 6.97. The number of ether oxygens (including phenoxy) is 4. The molecule has 214 valence electrons. The molecule has 2 fully saturated rings. The van der Waals surface area contributed by atoms with E-state index in [1.807, 2.05) is 31.2 Å². The molecule has 2 aromatic carbocycles. The van der Waals surface area contributed by atoms with Gasteiger partial charge >= 0.3 is 6.36 Å². The number of amides is 1. The van der Waals surface area contributed by atoms with E-state index < -0.39 is 41.9 Å². The number of benzene rings is 2. The van der Waals surface area contributed by atoms with Gasteiger partial charge in [-0.05, 0) is 43.0 Å². The highest BCUT2D eigenvalue weighted by Gasteiger charge is 2.51. The molecule has 1 aliphatic heterocycles. The molecule has 11 heteroatoms. The molecule has 5 atom stereocenters. The molecule has 1 saturated carbocycles. The summed E-state index contributed by atoms with van der Waals surface area (Å²) in [7, 11) is 0. The maximum atomic E-state index is 13.6. The number of hydrogen-bond acceptors (Lipinski definition) is 7. The molecule has 1 saturated heterocycles. The molecule has 8 nitrogen and oxygen atoms in total. The maximum absolute atomic E-state index is 13.6. The van der Waals surface area contributed by atoms with Crippen LogP contribution < -0.4 is 10.1 Å². The number of rotatable bonds is 10. The summed E-state index contributed by atoms with van der Waals surface area (Å²) in [6.45, 7) is 2.75. The Balaban J connectivity index is 1.49. The highest BCUT2D eigenvalue weighted by molar-refractivity contribution is 5.85. The summed E-state index contributed by atoms with van der Waals surface area (Å²) >= 11 is 0. The van der Waals surface area contributed by atoms with Crippen molar-refractivity contribution in [1.29, 1.82) is 0 Å². The van der Waals surface area contributed by atoms with Gasteiger partial charge in [-0.15, -0.1) is 13.2 Å². The standard InChI is InChI=1S/C28H34F3NO7/c1-18-5-2-6-19(11-18)17-38-27(26(35)32-15-22-9-4-10-36-22)13-23(33)25(34)24(14-27)37-16-20-7-3-8-21(12-20)39-28(29,30)31/h2-3,5-8,11-12,22-25,33-34H,4,9-10,13-17H2,1H3,(H,32,35)/t22?,23-,24?,25-,27+/m1/s1. The van der Waals surface area contributed by atoms with E-state index in [0.29, 0.717) is 12.2 Å². The number of nitrogens with one attached hydrogen (secondary N) is 1. The van der Waals surface area contributed by atoms with Crippen LogP contribution in [0.2, 0.25) is 0 Å². The third kappa shape index (κ3) is 8.15. The first-order valence-corrected chi connectivity index (χ1v) is 12.9. The summed E-state index contributed by atoms with van der Waals surface area (Å²) in [6.07, 6.45) is -7.16. The Hall–Kier alpha value is -2.70. The molecule has 1 amide bonds. The van der Waals surface area contributed by atoms with Crippen LogP contribution in [-0.2, 0) is 32.2 Å². The van der Waals surface area contributed by atoms with Crippen LogP contribution in [0.4, 0.5) is 13.2 Å². The van der Waals surface area contributed by atoms with Crippen LogP contribution in [0, 0.1) is 6.92 Å². The molecule has 3 N–H and O–H groups in total. The fourth-order valence-corrected chi connectivity index (χ4v) is 4.99. The molecule has 0 radical (unpaired) electrons. The first-order chi connectivity index (χ1) is 18.5. The highest BCUT2D eigenvalue weighted by Crippen LogP contribution is 2.36. The summed E-state index contributed by atoms with van der Waals surface area (Å²) in [5, 5.41) is 24.3. The van der Waals surface area contributed by atoms with Crippen LogP contribution in [0.1, 0.15) is 42.4 Å². The van der Waals surface area contributed by atoms with Gasteiger partial charge in [-0.25, -0.2) is 0 Å². The smallest absolute Gasteiger partial charge is 0.406 e. The number of carbonyl (C=O) groups excluding carboxylic acids is 1. The van der Waals surface area contributed by atoms with Gasteiger partial charge in [0.15, 0.2) is 5.60 Å². The van der Waals surface area contributed by atoms with E-state index in [-0.39, 0.29) is 38.7 Å². The largest absolute Gasteiger partial charge is 0.573 e. The van der Waals surface area contributed by atoms with Gasteiger partial charge in [0.05, 0.1) is 31.5 Å². The van der Waals surface area contributed by atoms with Crippen LogP contribution in [0.3, 0.4) is 0 Å². The van der Waals surface area contributed by atoms with Crippen molar-refractivity contribution >= 4 is 5.91 Å². The Kier molecular flexibility index (Phi) is 9.50. The van der Waals surface area contributed by atoms with Gasteiger partial charge in [-0.3, -0.25) is 4.79 Å². The summed E-state index contributed by atoms with van der Waals surface area (Å²) in [5.74, 6) is -0.858. The maximum Gasteiger partial charge on any atom is 0.573 e. The zero-order valence-corrected chi connectivity index (χ0v) is 21.7. The molecule has 0 spiro atoms. The molecular weight excluding hydrogens is 519 g/mol. The number of aliphatic hydroxyl groups is 2. The SMILES string of the molecule is Cc1cccc(CO[C@]2(C(=O)NCC3CCCO3)CC(OCc3cccc(OC(F)(F)F)c3)[C@H](O)[C@H](O)C2)c1. The molecule has 1 heterocycles.